The van der Waals surface area contributed by atoms with Crippen molar-refractivity contribution in [2.24, 2.45) is 0 Å². The molecule has 0 aliphatic rings. The summed E-state index contributed by atoms with van der Waals surface area (Å²) in [7, 11) is 1.93. The van der Waals surface area contributed by atoms with E-state index >= 15 is 0 Å². The van der Waals surface area contributed by atoms with Gasteiger partial charge in [-0.25, -0.2) is 0 Å². The molecule has 0 bridgehead atoms. The van der Waals surface area contributed by atoms with E-state index in [0.717, 1.165) is 17.1 Å². The number of aryl methyl sites for hydroxylation is 3. The van der Waals surface area contributed by atoms with Crippen molar-refractivity contribution >= 4 is 11.6 Å². The van der Waals surface area contributed by atoms with Crippen molar-refractivity contribution in [3.05, 3.63) is 57.6 Å². The van der Waals surface area contributed by atoms with E-state index in [1.807, 2.05) is 7.05 Å². The smallest absolute Gasteiger partial charge is 0.0457 e. The van der Waals surface area contributed by atoms with Crippen molar-refractivity contribution < 1.29 is 0 Å². The minimum atomic E-state index is 0.797. The molecule has 100 valence electrons. The second kappa shape index (κ2) is 5.77. The Kier molecular flexibility index (Phi) is 4.28. The van der Waals surface area contributed by atoms with E-state index in [-0.39, 0.29) is 0 Å². The largest absolute Gasteiger partial charge is 0.316 e. The van der Waals surface area contributed by atoms with Crippen LogP contribution in [-0.2, 0) is 6.54 Å². The summed E-state index contributed by atoms with van der Waals surface area (Å²) in [5.74, 6) is 0. The molecular formula is C17H20ClN. The van der Waals surface area contributed by atoms with Crippen molar-refractivity contribution in [1.82, 2.24) is 5.32 Å². The summed E-state index contributed by atoms with van der Waals surface area (Å²) in [6.45, 7) is 7.24. The van der Waals surface area contributed by atoms with Crippen LogP contribution in [0.2, 0.25) is 5.02 Å². The molecule has 0 unspecified atom stereocenters. The Morgan fingerprint density at radius 3 is 2.26 bits per heavy atom. The summed E-state index contributed by atoms with van der Waals surface area (Å²) in [5, 5.41) is 3.95. The van der Waals surface area contributed by atoms with Gasteiger partial charge >= 0.3 is 0 Å². The average molecular weight is 274 g/mol. The summed E-state index contributed by atoms with van der Waals surface area (Å²) in [4.78, 5) is 0. The average Bonchev–Trinajstić information content (AvgIpc) is 2.36. The first-order valence-corrected chi connectivity index (χ1v) is 6.92. The highest BCUT2D eigenvalue weighted by molar-refractivity contribution is 6.31. The molecule has 2 aromatic carbocycles. The maximum atomic E-state index is 6.34. The van der Waals surface area contributed by atoms with Crippen LogP contribution in [0.4, 0.5) is 0 Å². The van der Waals surface area contributed by atoms with Crippen molar-refractivity contribution in [2.45, 2.75) is 27.3 Å². The van der Waals surface area contributed by atoms with Gasteiger partial charge in [-0.2, -0.15) is 0 Å². The Morgan fingerprint density at radius 2 is 1.63 bits per heavy atom. The van der Waals surface area contributed by atoms with Crippen LogP contribution in [0, 0.1) is 20.8 Å². The highest BCUT2D eigenvalue weighted by Gasteiger charge is 2.07. The molecule has 0 fully saturated rings. The van der Waals surface area contributed by atoms with Crippen LogP contribution in [0.3, 0.4) is 0 Å². The zero-order valence-corrected chi connectivity index (χ0v) is 12.7. The van der Waals surface area contributed by atoms with Gasteiger partial charge < -0.3 is 5.32 Å². The van der Waals surface area contributed by atoms with E-state index in [1.165, 1.54) is 27.8 Å². The molecule has 0 aliphatic heterocycles. The fraction of sp³-hybridized carbons (Fsp3) is 0.294. The van der Waals surface area contributed by atoms with Gasteiger partial charge in [-0.1, -0.05) is 35.9 Å². The third kappa shape index (κ3) is 2.99. The minimum Gasteiger partial charge on any atom is -0.316 e. The first kappa shape index (κ1) is 14.1. The number of hydrogen-bond donors (Lipinski definition) is 1. The molecule has 0 radical (unpaired) electrons. The summed E-state index contributed by atoms with van der Waals surface area (Å²) in [6.07, 6.45) is 0. The molecule has 0 saturated carbocycles. The van der Waals surface area contributed by atoms with Gasteiger partial charge in [0.15, 0.2) is 0 Å². The number of hydrogen-bond acceptors (Lipinski definition) is 1. The normalized spacial score (nSPS) is 10.8. The summed E-state index contributed by atoms with van der Waals surface area (Å²) in [6, 6.07) is 10.8. The highest BCUT2D eigenvalue weighted by Crippen LogP contribution is 2.29. The zero-order valence-electron chi connectivity index (χ0n) is 12.0. The van der Waals surface area contributed by atoms with Gasteiger partial charge in [-0.3, -0.25) is 0 Å². The minimum absolute atomic E-state index is 0.797. The molecule has 2 heteroatoms. The number of rotatable bonds is 3. The molecule has 19 heavy (non-hydrogen) atoms. The molecule has 2 rings (SSSR count). The van der Waals surface area contributed by atoms with Gasteiger partial charge in [0, 0.05) is 11.6 Å². The SMILES string of the molecule is CNCc1ccc(-c2cc(C)c(C)cc2C)cc1Cl. The van der Waals surface area contributed by atoms with Crippen LogP contribution < -0.4 is 5.32 Å². The van der Waals surface area contributed by atoms with Crippen molar-refractivity contribution in [2.75, 3.05) is 7.05 Å². The molecule has 1 N–H and O–H groups in total. The molecule has 0 spiro atoms. The first-order chi connectivity index (χ1) is 9.02. The lowest BCUT2D eigenvalue weighted by Crippen LogP contribution is -2.05. The Bertz CT molecular complexity index is 602. The summed E-state index contributed by atoms with van der Waals surface area (Å²) < 4.78 is 0. The van der Waals surface area contributed by atoms with Crippen LogP contribution in [0.1, 0.15) is 22.3 Å². The molecule has 1 nitrogen and oxygen atoms in total. The lowest BCUT2D eigenvalue weighted by molar-refractivity contribution is 0.818. The van der Waals surface area contributed by atoms with E-state index in [2.05, 4.69) is 56.4 Å². The van der Waals surface area contributed by atoms with Crippen molar-refractivity contribution in [3.8, 4) is 11.1 Å². The zero-order chi connectivity index (χ0) is 14.0. The number of halogens is 1. The predicted octanol–water partition coefficient (Wildman–Crippen LogP) is 4.65. The first-order valence-electron chi connectivity index (χ1n) is 6.54. The molecule has 0 aromatic heterocycles. The summed E-state index contributed by atoms with van der Waals surface area (Å²) >= 11 is 6.34. The molecular weight excluding hydrogens is 254 g/mol. The van der Waals surface area contributed by atoms with E-state index in [9.17, 15) is 0 Å². The van der Waals surface area contributed by atoms with Gasteiger partial charge in [0.05, 0.1) is 0 Å². The fourth-order valence-electron chi connectivity index (χ4n) is 2.32. The fourth-order valence-corrected chi connectivity index (χ4v) is 2.57. The number of benzene rings is 2. The third-order valence-electron chi connectivity index (χ3n) is 3.57. The van der Waals surface area contributed by atoms with Crippen LogP contribution in [-0.4, -0.2) is 7.05 Å². The highest BCUT2D eigenvalue weighted by atomic mass is 35.5. The van der Waals surface area contributed by atoms with Gasteiger partial charge in [0.1, 0.15) is 0 Å². The Morgan fingerprint density at radius 1 is 0.947 bits per heavy atom. The molecule has 0 aliphatic carbocycles. The third-order valence-corrected chi connectivity index (χ3v) is 3.92. The Labute approximate surface area is 120 Å². The molecule has 0 saturated heterocycles. The maximum Gasteiger partial charge on any atom is 0.0457 e. The van der Waals surface area contributed by atoms with E-state index in [4.69, 9.17) is 11.6 Å². The van der Waals surface area contributed by atoms with E-state index < -0.39 is 0 Å². The van der Waals surface area contributed by atoms with Gasteiger partial charge in [-0.15, -0.1) is 0 Å². The predicted molar refractivity (Wildman–Crippen MR) is 83.9 cm³/mol. The standard InChI is InChI=1S/C17H20ClN/c1-11-7-13(3)16(8-12(11)2)14-5-6-15(10-19-4)17(18)9-14/h5-9,19H,10H2,1-4H3. The second-order valence-corrected chi connectivity index (χ2v) is 5.50. The van der Waals surface area contributed by atoms with Crippen LogP contribution in [0.15, 0.2) is 30.3 Å². The topological polar surface area (TPSA) is 12.0 Å². The lowest BCUT2D eigenvalue weighted by Gasteiger charge is -2.12. The van der Waals surface area contributed by atoms with E-state index in [1.54, 1.807) is 0 Å². The van der Waals surface area contributed by atoms with Crippen LogP contribution in [0.25, 0.3) is 11.1 Å². The molecule has 2 aromatic rings. The molecule has 0 heterocycles. The quantitative estimate of drug-likeness (QED) is 0.858. The van der Waals surface area contributed by atoms with E-state index in [0.29, 0.717) is 0 Å². The Hall–Kier alpha value is -1.31. The van der Waals surface area contributed by atoms with Crippen molar-refractivity contribution in [1.29, 1.82) is 0 Å². The lowest BCUT2D eigenvalue weighted by atomic mass is 9.95. The monoisotopic (exact) mass is 273 g/mol. The van der Waals surface area contributed by atoms with Crippen LogP contribution >= 0.6 is 11.6 Å². The second-order valence-electron chi connectivity index (χ2n) is 5.09. The maximum absolute atomic E-state index is 6.34. The van der Waals surface area contributed by atoms with Gasteiger partial charge in [0.2, 0.25) is 0 Å². The summed E-state index contributed by atoms with van der Waals surface area (Å²) in [5.41, 5.74) is 7.52. The van der Waals surface area contributed by atoms with Crippen molar-refractivity contribution in [3.63, 3.8) is 0 Å². The molecule has 0 amide bonds. The molecule has 0 atom stereocenters. The Balaban J connectivity index is 2.48. The van der Waals surface area contributed by atoms with Gasteiger partial charge in [0.25, 0.3) is 0 Å². The van der Waals surface area contributed by atoms with Gasteiger partial charge in [-0.05, 0) is 67.3 Å². The number of nitrogens with one attached hydrogen (secondary N) is 1. The van der Waals surface area contributed by atoms with Crippen LogP contribution in [0.5, 0.6) is 0 Å².